The summed E-state index contributed by atoms with van der Waals surface area (Å²) in [5, 5.41) is 5.26. The first-order valence-electron chi connectivity index (χ1n) is 10.9. The summed E-state index contributed by atoms with van der Waals surface area (Å²) in [7, 11) is 0. The van der Waals surface area contributed by atoms with Crippen LogP contribution in [-0.4, -0.2) is 77.8 Å². The van der Waals surface area contributed by atoms with Gasteiger partial charge in [-0.2, -0.15) is 0 Å². The second-order valence-corrected chi connectivity index (χ2v) is 9.48. The van der Waals surface area contributed by atoms with Crippen LogP contribution in [0.25, 0.3) is 10.6 Å². The average Bonchev–Trinajstić information content (AvgIpc) is 3.33. The Labute approximate surface area is 181 Å². The standard InChI is InChI=1S/C22H29N5O2S/c1-15-24-19(12-20(25-15)21-3-2-10-30-21)18-14-27-5-4-16(18)11-17(27)13-23-22(28)26-6-8-29-9-7-26/h2-3,10,12,16-18H,4-9,11,13-14H2,1H3,(H,23,28)/t16-,17+,18+/m0/s1. The zero-order valence-electron chi connectivity index (χ0n) is 17.4. The Morgan fingerprint density at radius 1 is 1.30 bits per heavy atom. The summed E-state index contributed by atoms with van der Waals surface area (Å²) in [4.78, 5) is 27.5. The Bertz CT molecular complexity index is 884. The number of hydrogen-bond acceptors (Lipinski definition) is 6. The van der Waals surface area contributed by atoms with E-state index in [4.69, 9.17) is 9.72 Å². The number of hydrogen-bond donors (Lipinski definition) is 1. The van der Waals surface area contributed by atoms with Crippen molar-refractivity contribution in [2.45, 2.75) is 31.7 Å². The molecule has 30 heavy (non-hydrogen) atoms. The summed E-state index contributed by atoms with van der Waals surface area (Å²) >= 11 is 1.72. The minimum atomic E-state index is 0.0458. The van der Waals surface area contributed by atoms with Gasteiger partial charge in [0.05, 0.1) is 23.8 Å². The molecule has 6 heterocycles. The fourth-order valence-corrected chi connectivity index (χ4v) is 5.79. The maximum Gasteiger partial charge on any atom is 0.317 e. The van der Waals surface area contributed by atoms with E-state index in [-0.39, 0.29) is 6.03 Å². The SMILES string of the molecule is Cc1nc(-c2cccs2)cc([C@@H]2CN3CC[C@H]2C[C@@H]3CNC(=O)N2CCOCC2)n1. The number of piperidine rings is 3. The summed E-state index contributed by atoms with van der Waals surface area (Å²) in [5.41, 5.74) is 2.22. The molecule has 160 valence electrons. The number of urea groups is 1. The molecule has 2 aromatic rings. The van der Waals surface area contributed by atoms with Gasteiger partial charge in [-0.05, 0) is 49.7 Å². The highest BCUT2D eigenvalue weighted by Crippen LogP contribution is 2.41. The molecule has 2 amide bonds. The van der Waals surface area contributed by atoms with Gasteiger partial charge < -0.3 is 15.0 Å². The first-order chi connectivity index (χ1) is 14.7. The molecular formula is C22H29N5O2S. The van der Waals surface area contributed by atoms with Gasteiger partial charge in [0.2, 0.25) is 0 Å². The van der Waals surface area contributed by atoms with Gasteiger partial charge in [-0.3, -0.25) is 4.90 Å². The maximum atomic E-state index is 12.4. The minimum absolute atomic E-state index is 0.0458. The third-order valence-corrected chi connectivity index (χ3v) is 7.57. The molecule has 0 radical (unpaired) electrons. The van der Waals surface area contributed by atoms with Crippen LogP contribution < -0.4 is 5.32 Å². The number of aromatic nitrogens is 2. The number of nitrogens with zero attached hydrogens (tertiary/aromatic N) is 4. The molecule has 4 aliphatic rings. The van der Waals surface area contributed by atoms with Crippen molar-refractivity contribution in [3.05, 3.63) is 35.1 Å². The van der Waals surface area contributed by atoms with Crippen molar-refractivity contribution in [1.29, 1.82) is 0 Å². The van der Waals surface area contributed by atoms with Crippen molar-refractivity contribution in [2.75, 3.05) is 45.9 Å². The number of morpholine rings is 1. The van der Waals surface area contributed by atoms with Crippen LogP contribution in [0.1, 0.15) is 30.3 Å². The number of aryl methyl sites for hydroxylation is 1. The molecule has 4 atom stereocenters. The Morgan fingerprint density at radius 2 is 2.17 bits per heavy atom. The summed E-state index contributed by atoms with van der Waals surface area (Å²) in [6, 6.07) is 6.86. The number of thiophene rings is 1. The number of rotatable bonds is 4. The lowest BCUT2D eigenvalue weighted by molar-refractivity contribution is 0.0274. The molecule has 1 N–H and O–H groups in total. The van der Waals surface area contributed by atoms with Gasteiger partial charge in [-0.1, -0.05) is 6.07 Å². The van der Waals surface area contributed by atoms with Crippen LogP contribution in [0.4, 0.5) is 4.79 Å². The number of ether oxygens (including phenoxy) is 1. The van der Waals surface area contributed by atoms with Gasteiger partial charge in [0.15, 0.2) is 0 Å². The Morgan fingerprint density at radius 3 is 2.90 bits per heavy atom. The van der Waals surface area contributed by atoms with Crippen molar-refractivity contribution in [3.63, 3.8) is 0 Å². The molecule has 0 aromatic carbocycles. The fraction of sp³-hybridized carbons (Fsp3) is 0.591. The number of carbonyl (C=O) groups excluding carboxylic acids is 1. The van der Waals surface area contributed by atoms with Crippen molar-refractivity contribution >= 4 is 17.4 Å². The molecule has 4 saturated heterocycles. The van der Waals surface area contributed by atoms with Gasteiger partial charge in [0.1, 0.15) is 5.82 Å². The first kappa shape index (κ1) is 19.9. The van der Waals surface area contributed by atoms with Crippen molar-refractivity contribution in [3.8, 4) is 10.6 Å². The second kappa shape index (κ2) is 8.61. The van der Waals surface area contributed by atoms with Crippen molar-refractivity contribution in [2.24, 2.45) is 5.92 Å². The number of nitrogens with one attached hydrogen (secondary N) is 1. The Balaban J connectivity index is 1.24. The first-order valence-corrected chi connectivity index (χ1v) is 11.8. The lowest BCUT2D eigenvalue weighted by Crippen LogP contribution is -2.57. The van der Waals surface area contributed by atoms with Gasteiger partial charge in [-0.15, -0.1) is 11.3 Å². The smallest absolute Gasteiger partial charge is 0.317 e. The molecule has 6 rings (SSSR count). The van der Waals surface area contributed by atoms with Crippen LogP contribution >= 0.6 is 11.3 Å². The van der Waals surface area contributed by atoms with E-state index in [9.17, 15) is 4.79 Å². The molecule has 8 heteroatoms. The highest BCUT2D eigenvalue weighted by atomic mass is 32.1. The van der Waals surface area contributed by atoms with Gasteiger partial charge in [-0.25, -0.2) is 14.8 Å². The van der Waals surface area contributed by atoms with E-state index in [0.29, 0.717) is 44.2 Å². The molecule has 4 aliphatic heterocycles. The Kier molecular flexibility index (Phi) is 5.71. The van der Waals surface area contributed by atoms with Crippen LogP contribution in [0, 0.1) is 12.8 Å². The molecule has 1 unspecified atom stereocenters. The number of carbonyl (C=O) groups is 1. The summed E-state index contributed by atoms with van der Waals surface area (Å²) < 4.78 is 5.34. The van der Waals surface area contributed by atoms with E-state index < -0.39 is 0 Å². The van der Waals surface area contributed by atoms with Crippen LogP contribution in [-0.2, 0) is 4.74 Å². The molecule has 7 nitrogen and oxygen atoms in total. The van der Waals surface area contributed by atoms with Gasteiger partial charge >= 0.3 is 6.03 Å². The van der Waals surface area contributed by atoms with E-state index >= 15 is 0 Å². The lowest BCUT2D eigenvalue weighted by Gasteiger charge is -2.49. The van der Waals surface area contributed by atoms with Gasteiger partial charge in [0, 0.05) is 43.8 Å². The third kappa shape index (κ3) is 4.08. The molecule has 4 fully saturated rings. The van der Waals surface area contributed by atoms with E-state index in [1.54, 1.807) is 11.3 Å². The zero-order valence-corrected chi connectivity index (χ0v) is 18.2. The Hall–Kier alpha value is -2.03. The predicted molar refractivity (Wildman–Crippen MR) is 117 cm³/mol. The van der Waals surface area contributed by atoms with Crippen molar-refractivity contribution < 1.29 is 9.53 Å². The molecule has 0 spiro atoms. The van der Waals surface area contributed by atoms with Crippen LogP contribution in [0.2, 0.25) is 0 Å². The molecule has 2 aromatic heterocycles. The van der Waals surface area contributed by atoms with Crippen LogP contribution in [0.3, 0.4) is 0 Å². The largest absolute Gasteiger partial charge is 0.378 e. The maximum absolute atomic E-state index is 12.4. The average molecular weight is 428 g/mol. The van der Waals surface area contributed by atoms with Gasteiger partial charge in [0.25, 0.3) is 0 Å². The number of amides is 2. The summed E-state index contributed by atoms with van der Waals surface area (Å²) in [6.45, 7) is 7.49. The minimum Gasteiger partial charge on any atom is -0.378 e. The molecule has 0 aliphatic carbocycles. The molecule has 2 bridgehead atoms. The lowest BCUT2D eigenvalue weighted by atomic mass is 9.74. The van der Waals surface area contributed by atoms with E-state index in [0.717, 1.165) is 37.6 Å². The highest BCUT2D eigenvalue weighted by Gasteiger charge is 2.41. The highest BCUT2D eigenvalue weighted by molar-refractivity contribution is 7.13. The topological polar surface area (TPSA) is 70.6 Å². The second-order valence-electron chi connectivity index (χ2n) is 8.53. The predicted octanol–water partition coefficient (Wildman–Crippen LogP) is 2.73. The summed E-state index contributed by atoms with van der Waals surface area (Å²) in [5.74, 6) is 1.91. The van der Waals surface area contributed by atoms with Crippen LogP contribution in [0.15, 0.2) is 23.6 Å². The van der Waals surface area contributed by atoms with E-state index in [1.807, 2.05) is 11.8 Å². The van der Waals surface area contributed by atoms with Crippen LogP contribution in [0.5, 0.6) is 0 Å². The normalized spacial score (nSPS) is 28.5. The molecule has 0 saturated carbocycles. The zero-order chi connectivity index (χ0) is 20.5. The van der Waals surface area contributed by atoms with Crippen molar-refractivity contribution in [1.82, 2.24) is 25.1 Å². The third-order valence-electron chi connectivity index (χ3n) is 6.68. The summed E-state index contributed by atoms with van der Waals surface area (Å²) in [6.07, 6.45) is 2.32. The fourth-order valence-electron chi connectivity index (χ4n) is 5.10. The quantitative estimate of drug-likeness (QED) is 0.813. The number of fused-ring (bicyclic) bond motifs is 3. The van der Waals surface area contributed by atoms with E-state index in [2.05, 4.69) is 38.8 Å². The monoisotopic (exact) mass is 427 g/mol. The molecular weight excluding hydrogens is 398 g/mol. The van der Waals surface area contributed by atoms with E-state index in [1.165, 1.54) is 17.0 Å².